The second-order valence-corrected chi connectivity index (χ2v) is 7.50. The maximum absolute atomic E-state index is 11.3. The second-order valence-electron chi connectivity index (χ2n) is 6.15. The third kappa shape index (κ3) is 1.98. The summed E-state index contributed by atoms with van der Waals surface area (Å²) in [6, 6.07) is 6.57. The highest BCUT2D eigenvalue weighted by molar-refractivity contribution is 7.12. The lowest BCUT2D eigenvalue weighted by Crippen LogP contribution is -2.42. The Bertz CT molecular complexity index is 778. The molecule has 3 nitrogen and oxygen atoms in total. The summed E-state index contributed by atoms with van der Waals surface area (Å²) in [6.45, 7) is 3.09. The van der Waals surface area contributed by atoms with E-state index in [9.17, 15) is 9.59 Å². The van der Waals surface area contributed by atoms with E-state index < -0.39 is 0 Å². The fraction of sp³-hybridized carbons (Fsp3) is 0.333. The first-order valence-corrected chi connectivity index (χ1v) is 8.42. The molecule has 0 bridgehead atoms. The molecule has 0 fully saturated rings. The molecule has 0 saturated heterocycles. The lowest BCUT2D eigenvalue weighted by molar-refractivity contribution is 0.109. The van der Waals surface area contributed by atoms with E-state index in [0.717, 1.165) is 32.0 Å². The van der Waals surface area contributed by atoms with Gasteiger partial charge in [0.2, 0.25) is 0 Å². The van der Waals surface area contributed by atoms with Gasteiger partial charge in [-0.2, -0.15) is 0 Å². The maximum atomic E-state index is 11.3. The zero-order valence-corrected chi connectivity index (χ0v) is 13.2. The largest absolute Gasteiger partial charge is 0.308 e. The van der Waals surface area contributed by atoms with Crippen LogP contribution in [-0.4, -0.2) is 18.6 Å². The Balaban J connectivity index is 1.92. The van der Waals surface area contributed by atoms with E-state index >= 15 is 0 Å². The van der Waals surface area contributed by atoms with Crippen molar-refractivity contribution < 1.29 is 9.59 Å². The van der Waals surface area contributed by atoms with E-state index in [1.54, 1.807) is 0 Å². The predicted molar refractivity (Wildman–Crippen MR) is 87.1 cm³/mol. The Kier molecular flexibility index (Phi) is 3.24. The zero-order valence-electron chi connectivity index (χ0n) is 12.4. The van der Waals surface area contributed by atoms with Crippen molar-refractivity contribution >= 4 is 23.9 Å². The van der Waals surface area contributed by atoms with Crippen LogP contribution < -0.4 is 5.32 Å². The van der Waals surface area contributed by atoms with Gasteiger partial charge in [0.1, 0.15) is 0 Å². The van der Waals surface area contributed by atoms with Gasteiger partial charge in [0.25, 0.3) is 0 Å². The smallest absolute Gasteiger partial charge is 0.150 e. The molecule has 1 N–H and O–H groups in total. The van der Waals surface area contributed by atoms with Crippen molar-refractivity contribution in [2.45, 2.75) is 38.3 Å². The highest BCUT2D eigenvalue weighted by Gasteiger charge is 2.36. The molecule has 4 heteroatoms. The number of rotatable bonds is 2. The Labute approximate surface area is 133 Å². The SMILES string of the molecule is Cc1cc2c(s1)CN[C@@H]1CCc3cc(C=O)c(C=O)cc3[C@@H]21. The van der Waals surface area contributed by atoms with Gasteiger partial charge >= 0.3 is 0 Å². The molecule has 4 rings (SSSR count). The van der Waals surface area contributed by atoms with Crippen LogP contribution in [0.2, 0.25) is 0 Å². The molecule has 112 valence electrons. The summed E-state index contributed by atoms with van der Waals surface area (Å²) in [5, 5.41) is 3.65. The fourth-order valence-corrected chi connectivity index (χ4v) is 4.95. The highest BCUT2D eigenvalue weighted by atomic mass is 32.1. The number of carbonyl (C=O) groups is 2. The first kappa shape index (κ1) is 13.9. The molecule has 1 aromatic heterocycles. The van der Waals surface area contributed by atoms with Gasteiger partial charge in [0, 0.05) is 39.4 Å². The predicted octanol–water partition coefficient (Wildman–Crippen LogP) is 3.23. The molecule has 2 aliphatic rings. The van der Waals surface area contributed by atoms with Crippen LogP contribution in [0.5, 0.6) is 0 Å². The first-order chi connectivity index (χ1) is 10.7. The van der Waals surface area contributed by atoms with E-state index in [4.69, 9.17) is 0 Å². The number of benzene rings is 1. The van der Waals surface area contributed by atoms with Gasteiger partial charge in [-0.15, -0.1) is 11.3 Å². The normalized spacial score (nSPS) is 22.4. The molecule has 0 amide bonds. The molecule has 2 heterocycles. The maximum Gasteiger partial charge on any atom is 0.150 e. The molecule has 1 aliphatic carbocycles. The van der Waals surface area contributed by atoms with Crippen LogP contribution in [0.3, 0.4) is 0 Å². The minimum absolute atomic E-state index is 0.303. The summed E-state index contributed by atoms with van der Waals surface area (Å²) in [5.41, 5.74) is 4.86. The molecule has 22 heavy (non-hydrogen) atoms. The quantitative estimate of drug-likeness (QED) is 0.866. The fourth-order valence-electron chi connectivity index (χ4n) is 3.91. The summed E-state index contributed by atoms with van der Waals surface area (Å²) in [6.07, 6.45) is 3.62. The van der Waals surface area contributed by atoms with E-state index in [2.05, 4.69) is 18.3 Å². The van der Waals surface area contributed by atoms with Gasteiger partial charge in [-0.05, 0) is 54.7 Å². The van der Waals surface area contributed by atoms with Gasteiger partial charge in [-0.3, -0.25) is 9.59 Å². The molecular weight excluding hydrogens is 294 g/mol. The Hall–Kier alpha value is -1.78. The summed E-state index contributed by atoms with van der Waals surface area (Å²) in [7, 11) is 0. The molecule has 0 spiro atoms. The van der Waals surface area contributed by atoms with Crippen molar-refractivity contribution in [1.29, 1.82) is 0 Å². The summed E-state index contributed by atoms with van der Waals surface area (Å²) in [4.78, 5) is 25.2. The number of fused-ring (bicyclic) bond motifs is 5. The number of thiophene rings is 1. The minimum Gasteiger partial charge on any atom is -0.308 e. The standard InChI is InChI=1S/C18H17NO2S/c1-10-4-15-17(22-10)7-19-16-3-2-11-5-12(8-20)13(9-21)6-14(11)18(15)16/h4-6,8-9,16,18-19H,2-3,7H2,1H3/t16-,18+/m1/s1. The van der Waals surface area contributed by atoms with Crippen LogP contribution in [0.4, 0.5) is 0 Å². The van der Waals surface area contributed by atoms with Crippen LogP contribution in [-0.2, 0) is 13.0 Å². The van der Waals surface area contributed by atoms with E-state index in [-0.39, 0.29) is 0 Å². The number of hydrogen-bond acceptors (Lipinski definition) is 4. The lowest BCUT2D eigenvalue weighted by atomic mass is 9.73. The number of aryl methyl sites for hydroxylation is 2. The molecule has 0 saturated carbocycles. The number of aldehydes is 2. The Morgan fingerprint density at radius 1 is 1.14 bits per heavy atom. The second kappa shape index (κ2) is 5.14. The molecular formula is C18H17NO2S. The average molecular weight is 311 g/mol. The molecule has 1 aromatic carbocycles. The minimum atomic E-state index is 0.303. The van der Waals surface area contributed by atoms with Gasteiger partial charge in [0.05, 0.1) is 0 Å². The number of hydrogen-bond donors (Lipinski definition) is 1. The van der Waals surface area contributed by atoms with Crippen molar-refractivity contribution in [2.24, 2.45) is 0 Å². The highest BCUT2D eigenvalue weighted by Crippen LogP contribution is 2.43. The topological polar surface area (TPSA) is 46.2 Å². The van der Waals surface area contributed by atoms with E-state index in [1.807, 2.05) is 23.5 Å². The van der Waals surface area contributed by atoms with Gasteiger partial charge in [-0.25, -0.2) is 0 Å². The third-order valence-corrected chi connectivity index (χ3v) is 5.95. The van der Waals surface area contributed by atoms with Crippen LogP contribution >= 0.6 is 11.3 Å². The van der Waals surface area contributed by atoms with Crippen molar-refractivity contribution in [3.05, 3.63) is 55.8 Å². The Morgan fingerprint density at radius 2 is 1.91 bits per heavy atom. The molecule has 2 atom stereocenters. The van der Waals surface area contributed by atoms with Crippen LogP contribution in [0, 0.1) is 6.92 Å². The van der Waals surface area contributed by atoms with Gasteiger partial charge in [-0.1, -0.05) is 0 Å². The summed E-state index contributed by atoms with van der Waals surface area (Å²) in [5.74, 6) is 0.303. The molecule has 0 unspecified atom stereocenters. The average Bonchev–Trinajstić information content (AvgIpc) is 2.93. The first-order valence-electron chi connectivity index (χ1n) is 7.61. The third-order valence-electron chi connectivity index (χ3n) is 4.89. The van der Waals surface area contributed by atoms with Crippen molar-refractivity contribution in [3.8, 4) is 0 Å². The van der Waals surface area contributed by atoms with Gasteiger partial charge < -0.3 is 5.32 Å². The van der Waals surface area contributed by atoms with Crippen LogP contribution in [0.15, 0.2) is 18.2 Å². The van der Waals surface area contributed by atoms with Crippen molar-refractivity contribution in [2.75, 3.05) is 0 Å². The van der Waals surface area contributed by atoms with Crippen LogP contribution in [0.25, 0.3) is 0 Å². The lowest BCUT2D eigenvalue weighted by Gasteiger charge is -2.38. The summed E-state index contributed by atoms with van der Waals surface area (Å²) >= 11 is 1.85. The molecule has 1 aliphatic heterocycles. The zero-order chi connectivity index (χ0) is 15.3. The number of nitrogens with one attached hydrogen (secondary N) is 1. The van der Waals surface area contributed by atoms with Crippen molar-refractivity contribution in [1.82, 2.24) is 5.32 Å². The molecule has 0 radical (unpaired) electrons. The van der Waals surface area contributed by atoms with Gasteiger partial charge in [0.15, 0.2) is 12.6 Å². The molecule has 2 aromatic rings. The van der Waals surface area contributed by atoms with Crippen LogP contribution in [0.1, 0.15) is 59.5 Å². The monoisotopic (exact) mass is 311 g/mol. The van der Waals surface area contributed by atoms with E-state index in [1.165, 1.54) is 26.4 Å². The van der Waals surface area contributed by atoms with E-state index in [0.29, 0.717) is 23.1 Å². The van der Waals surface area contributed by atoms with Crippen molar-refractivity contribution in [3.63, 3.8) is 0 Å². The summed E-state index contributed by atoms with van der Waals surface area (Å²) < 4.78 is 0. The number of carbonyl (C=O) groups excluding carboxylic acids is 2. The Morgan fingerprint density at radius 3 is 2.68 bits per heavy atom.